The van der Waals surface area contributed by atoms with E-state index >= 15 is 0 Å². The Morgan fingerprint density at radius 2 is 1.72 bits per heavy atom. The highest BCUT2D eigenvalue weighted by molar-refractivity contribution is 5.44. The van der Waals surface area contributed by atoms with E-state index in [0.717, 1.165) is 30.1 Å². The van der Waals surface area contributed by atoms with Gasteiger partial charge in [-0.1, -0.05) is 26.8 Å². The molecule has 2 unspecified atom stereocenters. The van der Waals surface area contributed by atoms with Gasteiger partial charge in [-0.3, -0.25) is 0 Å². The molecule has 2 rings (SSSR count). The van der Waals surface area contributed by atoms with Crippen molar-refractivity contribution in [2.45, 2.75) is 33.2 Å². The molecule has 1 aromatic carbocycles. The molecule has 1 aromatic rings. The zero-order valence-electron chi connectivity index (χ0n) is 11.5. The summed E-state index contributed by atoms with van der Waals surface area (Å²) in [7, 11) is 0. The first-order chi connectivity index (χ1) is 8.59. The summed E-state index contributed by atoms with van der Waals surface area (Å²) in [6.07, 6.45) is 0.929. The Morgan fingerprint density at radius 3 is 2.39 bits per heavy atom. The van der Waals surface area contributed by atoms with Crippen molar-refractivity contribution in [2.24, 2.45) is 17.6 Å². The lowest BCUT2D eigenvalue weighted by atomic mass is 9.86. The van der Waals surface area contributed by atoms with Crippen molar-refractivity contribution in [1.82, 2.24) is 0 Å². The maximum absolute atomic E-state index is 6.32. The minimum absolute atomic E-state index is 0.0437. The largest absolute Gasteiger partial charge is 0.490 e. The van der Waals surface area contributed by atoms with E-state index in [9.17, 15) is 0 Å². The summed E-state index contributed by atoms with van der Waals surface area (Å²) in [5.41, 5.74) is 7.44. The molecule has 0 amide bonds. The third-order valence-corrected chi connectivity index (χ3v) is 3.77. The van der Waals surface area contributed by atoms with Crippen molar-refractivity contribution in [3.8, 4) is 11.5 Å². The maximum atomic E-state index is 6.32. The summed E-state index contributed by atoms with van der Waals surface area (Å²) in [4.78, 5) is 0. The Bertz CT molecular complexity index is 403. The molecule has 1 aliphatic heterocycles. The molecule has 2 N–H and O–H groups in total. The van der Waals surface area contributed by atoms with Gasteiger partial charge in [0.15, 0.2) is 11.5 Å². The van der Waals surface area contributed by atoms with E-state index < -0.39 is 0 Å². The summed E-state index contributed by atoms with van der Waals surface area (Å²) < 4.78 is 11.3. The fourth-order valence-electron chi connectivity index (χ4n) is 2.11. The Morgan fingerprint density at radius 1 is 1.06 bits per heavy atom. The van der Waals surface area contributed by atoms with Gasteiger partial charge in [0.05, 0.1) is 13.2 Å². The highest BCUT2D eigenvalue weighted by atomic mass is 16.5. The summed E-state index contributed by atoms with van der Waals surface area (Å²) in [6, 6.07) is 6.10. The lowest BCUT2D eigenvalue weighted by molar-refractivity contribution is 0.296. The number of nitrogens with two attached hydrogens (primary N) is 1. The smallest absolute Gasteiger partial charge is 0.161 e. The van der Waals surface area contributed by atoms with Crippen LogP contribution in [0.5, 0.6) is 11.5 Å². The monoisotopic (exact) mass is 249 g/mol. The molecule has 18 heavy (non-hydrogen) atoms. The van der Waals surface area contributed by atoms with Crippen molar-refractivity contribution >= 4 is 0 Å². The molecule has 100 valence electrons. The second-order valence-corrected chi connectivity index (χ2v) is 5.39. The van der Waals surface area contributed by atoms with Crippen LogP contribution in [0, 0.1) is 11.8 Å². The third-order valence-electron chi connectivity index (χ3n) is 3.77. The molecule has 1 heterocycles. The molecule has 0 fully saturated rings. The van der Waals surface area contributed by atoms with E-state index in [1.807, 2.05) is 12.1 Å². The van der Waals surface area contributed by atoms with Gasteiger partial charge in [-0.25, -0.2) is 0 Å². The van der Waals surface area contributed by atoms with Gasteiger partial charge >= 0.3 is 0 Å². The van der Waals surface area contributed by atoms with Crippen LogP contribution in [0.2, 0.25) is 0 Å². The summed E-state index contributed by atoms with van der Waals surface area (Å²) in [6.45, 7) is 8.03. The van der Waals surface area contributed by atoms with Gasteiger partial charge in [0.1, 0.15) is 0 Å². The standard InChI is InChI=1S/C15H23NO2/c1-10(2)11(3)15(16)12-5-6-13-14(9-12)18-8-4-7-17-13/h5-6,9-11,15H,4,7-8,16H2,1-3H3. The van der Waals surface area contributed by atoms with Crippen molar-refractivity contribution in [1.29, 1.82) is 0 Å². The molecular formula is C15H23NO2. The number of ether oxygens (including phenoxy) is 2. The van der Waals surface area contributed by atoms with Gasteiger partial charge in [-0.15, -0.1) is 0 Å². The second kappa shape index (κ2) is 5.61. The number of rotatable bonds is 3. The van der Waals surface area contributed by atoms with Crippen LogP contribution in [-0.2, 0) is 0 Å². The maximum Gasteiger partial charge on any atom is 0.161 e. The van der Waals surface area contributed by atoms with Crippen LogP contribution in [0.4, 0.5) is 0 Å². The second-order valence-electron chi connectivity index (χ2n) is 5.39. The van der Waals surface area contributed by atoms with Crippen LogP contribution in [-0.4, -0.2) is 13.2 Å². The minimum atomic E-state index is 0.0437. The van der Waals surface area contributed by atoms with Crippen LogP contribution < -0.4 is 15.2 Å². The van der Waals surface area contributed by atoms with Crippen molar-refractivity contribution < 1.29 is 9.47 Å². The number of hydrogen-bond acceptors (Lipinski definition) is 3. The first kappa shape index (κ1) is 13.2. The molecule has 0 saturated heterocycles. The van der Waals surface area contributed by atoms with Crippen molar-refractivity contribution in [3.63, 3.8) is 0 Å². The fraction of sp³-hybridized carbons (Fsp3) is 0.600. The predicted molar refractivity (Wildman–Crippen MR) is 73.0 cm³/mol. The SMILES string of the molecule is CC(C)C(C)C(N)c1ccc2c(c1)OCCCO2. The highest BCUT2D eigenvalue weighted by Crippen LogP contribution is 2.34. The van der Waals surface area contributed by atoms with Gasteiger partial charge in [0.2, 0.25) is 0 Å². The molecule has 3 nitrogen and oxygen atoms in total. The van der Waals surface area contributed by atoms with Crippen LogP contribution in [0.25, 0.3) is 0 Å². The zero-order valence-corrected chi connectivity index (χ0v) is 11.5. The van der Waals surface area contributed by atoms with Gasteiger partial charge in [-0.05, 0) is 29.5 Å². The summed E-state index contributed by atoms with van der Waals surface area (Å²) in [5, 5.41) is 0. The Balaban J connectivity index is 2.22. The Labute approximate surface area is 109 Å². The van der Waals surface area contributed by atoms with E-state index in [0.29, 0.717) is 18.4 Å². The van der Waals surface area contributed by atoms with Crippen molar-refractivity contribution in [3.05, 3.63) is 23.8 Å². The lowest BCUT2D eigenvalue weighted by Gasteiger charge is -2.24. The van der Waals surface area contributed by atoms with E-state index in [1.165, 1.54) is 0 Å². The third kappa shape index (κ3) is 2.78. The summed E-state index contributed by atoms with van der Waals surface area (Å²) >= 11 is 0. The van der Waals surface area contributed by atoms with E-state index in [4.69, 9.17) is 15.2 Å². The minimum Gasteiger partial charge on any atom is -0.490 e. The average molecular weight is 249 g/mol. The molecule has 0 spiro atoms. The topological polar surface area (TPSA) is 44.5 Å². The molecule has 3 heteroatoms. The molecule has 0 aromatic heterocycles. The summed E-state index contributed by atoms with van der Waals surface area (Å²) in [5.74, 6) is 2.67. The zero-order chi connectivity index (χ0) is 13.1. The predicted octanol–water partition coefficient (Wildman–Crippen LogP) is 3.14. The quantitative estimate of drug-likeness (QED) is 0.895. The van der Waals surface area contributed by atoms with E-state index in [2.05, 4.69) is 26.8 Å². The molecule has 2 atom stereocenters. The molecule has 0 radical (unpaired) electrons. The first-order valence-electron chi connectivity index (χ1n) is 6.74. The molecular weight excluding hydrogens is 226 g/mol. The molecule has 0 aliphatic carbocycles. The van der Waals surface area contributed by atoms with E-state index in [-0.39, 0.29) is 6.04 Å². The van der Waals surface area contributed by atoms with Crippen LogP contribution in [0.15, 0.2) is 18.2 Å². The molecule has 0 saturated carbocycles. The fourth-order valence-corrected chi connectivity index (χ4v) is 2.11. The highest BCUT2D eigenvalue weighted by Gasteiger charge is 2.20. The normalized spacial score (nSPS) is 18.3. The number of fused-ring (bicyclic) bond motifs is 1. The lowest BCUT2D eigenvalue weighted by Crippen LogP contribution is -2.23. The Hall–Kier alpha value is -1.22. The number of hydrogen-bond donors (Lipinski definition) is 1. The Kier molecular flexibility index (Phi) is 4.12. The van der Waals surface area contributed by atoms with E-state index in [1.54, 1.807) is 0 Å². The van der Waals surface area contributed by atoms with Gasteiger partial charge < -0.3 is 15.2 Å². The van der Waals surface area contributed by atoms with Gasteiger partial charge in [0, 0.05) is 12.5 Å². The van der Waals surface area contributed by atoms with Crippen molar-refractivity contribution in [2.75, 3.05) is 13.2 Å². The molecule has 1 aliphatic rings. The van der Waals surface area contributed by atoms with Gasteiger partial charge in [0.25, 0.3) is 0 Å². The van der Waals surface area contributed by atoms with Gasteiger partial charge in [-0.2, -0.15) is 0 Å². The molecule has 0 bridgehead atoms. The average Bonchev–Trinajstić information content (AvgIpc) is 2.60. The van der Waals surface area contributed by atoms with Crippen LogP contribution in [0.1, 0.15) is 38.8 Å². The first-order valence-corrected chi connectivity index (χ1v) is 6.74. The van der Waals surface area contributed by atoms with Crippen LogP contribution in [0.3, 0.4) is 0 Å². The van der Waals surface area contributed by atoms with Crippen LogP contribution >= 0.6 is 0 Å². The number of benzene rings is 1.